The second kappa shape index (κ2) is 9.44. The number of anilines is 1. The van der Waals surface area contributed by atoms with Crippen molar-refractivity contribution in [2.45, 2.75) is 0 Å². The van der Waals surface area contributed by atoms with Crippen LogP contribution in [0.5, 0.6) is 0 Å². The van der Waals surface area contributed by atoms with E-state index in [-0.39, 0.29) is 5.82 Å². The van der Waals surface area contributed by atoms with Crippen LogP contribution in [0.1, 0.15) is 0 Å². The maximum atomic E-state index is 14.6. The van der Waals surface area contributed by atoms with E-state index in [9.17, 15) is 4.39 Å². The summed E-state index contributed by atoms with van der Waals surface area (Å²) in [5.74, 6) is -0.294. The second-order valence-electron chi connectivity index (χ2n) is 9.20. The summed E-state index contributed by atoms with van der Waals surface area (Å²) in [6.45, 7) is 1.57. The largest absolute Gasteiger partial charge is 0.384 e. The molecule has 0 bridgehead atoms. The molecule has 0 aliphatic heterocycles. The van der Waals surface area contributed by atoms with Crippen molar-refractivity contribution in [3.8, 4) is 33.6 Å². The summed E-state index contributed by atoms with van der Waals surface area (Å²) in [6.07, 6.45) is 7.09. The Labute approximate surface area is 212 Å². The molecule has 0 saturated heterocycles. The van der Waals surface area contributed by atoms with Crippen LogP contribution < -0.4 is 5.32 Å². The average Bonchev–Trinajstić information content (AvgIpc) is 3.52. The number of nitrogens with one attached hydrogen (secondary N) is 3. The van der Waals surface area contributed by atoms with Gasteiger partial charge in [-0.2, -0.15) is 5.10 Å². The van der Waals surface area contributed by atoms with Gasteiger partial charge in [0.1, 0.15) is 17.2 Å². The fourth-order valence-corrected chi connectivity index (χ4v) is 4.48. The van der Waals surface area contributed by atoms with Crippen LogP contribution in [-0.2, 0) is 0 Å². The molecule has 1 aromatic carbocycles. The maximum Gasteiger partial charge on any atom is 0.155 e. The van der Waals surface area contributed by atoms with Gasteiger partial charge in [-0.1, -0.05) is 6.07 Å². The standard InChI is InChI=1S/C28H25FN8/c1-37(2)9-8-31-21-11-18(10-20(29)13-21)22-5-7-32-27-23(22)14-25(34-27)26-24-12-19(16-33-28(24)36-35-26)17-4-3-6-30-15-17/h3-7,10-16,31H,8-9H2,1-2H3,(H,32,34)(H,33,35,36). The normalized spacial score (nSPS) is 11.6. The number of rotatable bonds is 7. The van der Waals surface area contributed by atoms with E-state index in [2.05, 4.69) is 46.4 Å². The molecule has 0 aliphatic rings. The fraction of sp³-hybridized carbons (Fsp3) is 0.143. The molecular formula is C28H25FN8. The lowest BCUT2D eigenvalue weighted by molar-refractivity contribution is 0.425. The smallest absolute Gasteiger partial charge is 0.155 e. The number of hydrogen-bond acceptors (Lipinski definition) is 6. The van der Waals surface area contributed by atoms with Gasteiger partial charge in [-0.25, -0.2) is 14.4 Å². The summed E-state index contributed by atoms with van der Waals surface area (Å²) in [4.78, 5) is 18.8. The third kappa shape index (κ3) is 4.52. The van der Waals surface area contributed by atoms with E-state index in [4.69, 9.17) is 0 Å². The number of hydrogen-bond donors (Lipinski definition) is 3. The number of H-pyrrole nitrogens is 2. The number of aromatic amines is 2. The van der Waals surface area contributed by atoms with Gasteiger partial charge >= 0.3 is 0 Å². The van der Waals surface area contributed by atoms with Gasteiger partial charge in [0.05, 0.1) is 5.69 Å². The highest BCUT2D eigenvalue weighted by Gasteiger charge is 2.16. The van der Waals surface area contributed by atoms with Crippen LogP contribution in [-0.4, -0.2) is 62.2 Å². The molecule has 6 aromatic rings. The van der Waals surface area contributed by atoms with Gasteiger partial charge < -0.3 is 15.2 Å². The maximum absolute atomic E-state index is 14.6. The van der Waals surface area contributed by atoms with Gasteiger partial charge in [0.2, 0.25) is 0 Å². The summed E-state index contributed by atoms with van der Waals surface area (Å²) in [6, 6.07) is 14.9. The van der Waals surface area contributed by atoms with E-state index in [1.807, 2.05) is 50.6 Å². The summed E-state index contributed by atoms with van der Waals surface area (Å²) in [5, 5.41) is 12.6. The number of aromatic nitrogens is 6. The fourth-order valence-electron chi connectivity index (χ4n) is 4.48. The van der Waals surface area contributed by atoms with Crippen molar-refractivity contribution in [3.05, 3.63) is 79.1 Å². The Kier molecular flexibility index (Phi) is 5.82. The average molecular weight is 493 g/mol. The predicted octanol–water partition coefficient (Wildman–Crippen LogP) is 5.34. The van der Waals surface area contributed by atoms with E-state index < -0.39 is 0 Å². The quantitative estimate of drug-likeness (QED) is 0.278. The first-order valence-electron chi connectivity index (χ1n) is 12.0. The SMILES string of the molecule is CN(C)CCNc1cc(F)cc(-c2ccnc3[nH]c(-c4n[nH]c5ncc(-c6cccnc6)cc45)cc23)c1. The lowest BCUT2D eigenvalue weighted by atomic mass is 10.0. The van der Waals surface area contributed by atoms with Gasteiger partial charge in [-0.3, -0.25) is 10.1 Å². The minimum absolute atomic E-state index is 0.294. The van der Waals surface area contributed by atoms with Gasteiger partial charge in [0.15, 0.2) is 5.65 Å². The summed E-state index contributed by atoms with van der Waals surface area (Å²) >= 11 is 0. The molecule has 0 amide bonds. The van der Waals surface area contributed by atoms with Crippen LogP contribution in [0.2, 0.25) is 0 Å². The molecule has 0 fully saturated rings. The molecule has 0 atom stereocenters. The molecule has 0 saturated carbocycles. The minimum atomic E-state index is -0.294. The summed E-state index contributed by atoms with van der Waals surface area (Å²) in [7, 11) is 4.02. The molecule has 8 nitrogen and oxygen atoms in total. The van der Waals surface area contributed by atoms with Crippen molar-refractivity contribution >= 4 is 27.8 Å². The zero-order valence-electron chi connectivity index (χ0n) is 20.5. The van der Waals surface area contributed by atoms with Crippen molar-refractivity contribution in [3.63, 3.8) is 0 Å². The monoisotopic (exact) mass is 492 g/mol. The Morgan fingerprint density at radius 3 is 2.65 bits per heavy atom. The molecule has 6 rings (SSSR count). The highest BCUT2D eigenvalue weighted by molar-refractivity contribution is 6.00. The first-order valence-corrected chi connectivity index (χ1v) is 12.0. The van der Waals surface area contributed by atoms with E-state index >= 15 is 0 Å². The number of benzene rings is 1. The lowest BCUT2D eigenvalue weighted by Gasteiger charge is -2.13. The highest BCUT2D eigenvalue weighted by atomic mass is 19.1. The number of pyridine rings is 3. The molecule has 37 heavy (non-hydrogen) atoms. The third-order valence-electron chi connectivity index (χ3n) is 6.30. The van der Waals surface area contributed by atoms with E-state index in [1.54, 1.807) is 24.7 Å². The number of nitrogens with zero attached hydrogens (tertiary/aromatic N) is 5. The molecule has 0 unspecified atom stereocenters. The van der Waals surface area contributed by atoms with Crippen LogP contribution in [0.15, 0.2) is 73.3 Å². The Bertz CT molecular complexity index is 1700. The Morgan fingerprint density at radius 2 is 1.81 bits per heavy atom. The molecule has 0 spiro atoms. The Hall–Kier alpha value is -4.63. The molecule has 0 radical (unpaired) electrons. The zero-order valence-corrected chi connectivity index (χ0v) is 20.5. The summed E-state index contributed by atoms with van der Waals surface area (Å²) < 4.78 is 14.6. The van der Waals surface area contributed by atoms with Crippen LogP contribution in [0.3, 0.4) is 0 Å². The number of halogens is 1. The summed E-state index contributed by atoms with van der Waals surface area (Å²) in [5.41, 5.74) is 7.26. The van der Waals surface area contributed by atoms with E-state index in [0.29, 0.717) is 11.3 Å². The molecule has 9 heteroatoms. The molecule has 5 aromatic heterocycles. The molecule has 184 valence electrons. The lowest BCUT2D eigenvalue weighted by Crippen LogP contribution is -2.20. The van der Waals surface area contributed by atoms with Crippen LogP contribution >= 0.6 is 0 Å². The van der Waals surface area contributed by atoms with Crippen molar-refractivity contribution in [2.75, 3.05) is 32.5 Å². The van der Waals surface area contributed by atoms with Crippen LogP contribution in [0.4, 0.5) is 10.1 Å². The van der Waals surface area contributed by atoms with Crippen molar-refractivity contribution in [2.24, 2.45) is 0 Å². The molecule has 3 N–H and O–H groups in total. The van der Waals surface area contributed by atoms with Crippen molar-refractivity contribution < 1.29 is 4.39 Å². The second-order valence-corrected chi connectivity index (χ2v) is 9.20. The molecule has 0 aliphatic carbocycles. The molecule has 5 heterocycles. The highest BCUT2D eigenvalue weighted by Crippen LogP contribution is 2.35. The third-order valence-corrected chi connectivity index (χ3v) is 6.30. The van der Waals surface area contributed by atoms with Crippen LogP contribution in [0, 0.1) is 5.82 Å². The van der Waals surface area contributed by atoms with Crippen LogP contribution in [0.25, 0.3) is 55.7 Å². The number of likely N-dealkylation sites (N-methyl/N-ethyl adjacent to an activating group) is 1. The van der Waals surface area contributed by atoms with Gasteiger partial charge in [-0.15, -0.1) is 0 Å². The van der Waals surface area contributed by atoms with E-state index in [1.165, 1.54) is 6.07 Å². The van der Waals surface area contributed by atoms with Crippen molar-refractivity contribution in [1.82, 2.24) is 35.0 Å². The van der Waals surface area contributed by atoms with Crippen molar-refractivity contribution in [1.29, 1.82) is 0 Å². The topological polar surface area (TPSA) is 98.4 Å². The Balaban J connectivity index is 1.41. The zero-order chi connectivity index (χ0) is 25.4. The number of fused-ring (bicyclic) bond motifs is 2. The van der Waals surface area contributed by atoms with E-state index in [0.717, 1.165) is 63.2 Å². The van der Waals surface area contributed by atoms with Gasteiger partial charge in [0.25, 0.3) is 0 Å². The first-order chi connectivity index (χ1) is 18.0. The first kappa shape index (κ1) is 22.8. The Morgan fingerprint density at radius 1 is 0.892 bits per heavy atom. The van der Waals surface area contributed by atoms with Gasteiger partial charge in [-0.05, 0) is 67.7 Å². The van der Waals surface area contributed by atoms with Gasteiger partial charge in [0, 0.05) is 65.5 Å². The predicted molar refractivity (Wildman–Crippen MR) is 145 cm³/mol. The molecular weight excluding hydrogens is 467 g/mol. The minimum Gasteiger partial charge on any atom is -0.384 e.